The first-order valence-electron chi connectivity index (χ1n) is 8.63. The van der Waals surface area contributed by atoms with Crippen LogP contribution in [0.4, 0.5) is 5.69 Å². The highest BCUT2D eigenvalue weighted by Crippen LogP contribution is 2.23. The second-order valence-electron chi connectivity index (χ2n) is 6.01. The summed E-state index contributed by atoms with van der Waals surface area (Å²) in [6, 6.07) is 15.5. The molecule has 28 heavy (non-hydrogen) atoms. The van der Waals surface area contributed by atoms with Crippen LogP contribution in [0.25, 0.3) is 0 Å². The zero-order valence-corrected chi connectivity index (χ0v) is 15.2. The largest absolute Gasteiger partial charge is 0.497 e. The number of rotatable bonds is 6. The molecule has 0 saturated heterocycles. The van der Waals surface area contributed by atoms with E-state index in [9.17, 15) is 14.4 Å². The molecule has 0 aromatic heterocycles. The van der Waals surface area contributed by atoms with E-state index in [0.717, 1.165) is 0 Å². The van der Waals surface area contributed by atoms with Crippen molar-refractivity contribution < 1.29 is 23.9 Å². The summed E-state index contributed by atoms with van der Waals surface area (Å²) in [5.41, 5.74) is 3.32. The van der Waals surface area contributed by atoms with Gasteiger partial charge in [0.15, 0.2) is 0 Å². The molecule has 0 unspecified atom stereocenters. The van der Waals surface area contributed by atoms with Gasteiger partial charge in [-0.1, -0.05) is 36.4 Å². The van der Waals surface area contributed by atoms with Gasteiger partial charge in [0, 0.05) is 30.2 Å². The zero-order valence-electron chi connectivity index (χ0n) is 15.2. The topological polar surface area (TPSA) is 106 Å². The van der Waals surface area contributed by atoms with Crippen molar-refractivity contribution in [2.75, 3.05) is 12.4 Å². The summed E-state index contributed by atoms with van der Waals surface area (Å²) >= 11 is 0. The van der Waals surface area contributed by atoms with Crippen molar-refractivity contribution in [2.24, 2.45) is 5.10 Å². The number of ether oxygens (including phenoxy) is 2. The third kappa shape index (κ3) is 4.73. The molecule has 3 rings (SSSR count). The van der Waals surface area contributed by atoms with Crippen LogP contribution >= 0.6 is 0 Å². The molecule has 0 bridgehead atoms. The van der Waals surface area contributed by atoms with Crippen LogP contribution in [0, 0.1) is 0 Å². The molecule has 8 heteroatoms. The predicted octanol–water partition coefficient (Wildman–Crippen LogP) is 2.18. The van der Waals surface area contributed by atoms with Gasteiger partial charge < -0.3 is 14.8 Å². The third-order valence-corrected chi connectivity index (χ3v) is 4.04. The van der Waals surface area contributed by atoms with Gasteiger partial charge in [-0.3, -0.25) is 9.59 Å². The Balaban J connectivity index is 1.79. The number of benzene rings is 2. The SMILES string of the molecule is COc1cccc(NC(=O)[C@@H](OC(=O)C2=NNC(=O)CC2)c2ccccc2)c1. The fourth-order valence-corrected chi connectivity index (χ4v) is 2.61. The minimum atomic E-state index is -1.18. The minimum absolute atomic E-state index is 0.0645. The molecule has 0 fully saturated rings. The highest BCUT2D eigenvalue weighted by molar-refractivity contribution is 6.37. The average Bonchev–Trinajstić information content (AvgIpc) is 2.73. The van der Waals surface area contributed by atoms with Crippen molar-refractivity contribution in [3.05, 3.63) is 60.2 Å². The first kappa shape index (κ1) is 19.1. The number of hydrogen-bond acceptors (Lipinski definition) is 6. The van der Waals surface area contributed by atoms with Gasteiger partial charge in [0.05, 0.1) is 7.11 Å². The normalized spacial score (nSPS) is 14.3. The minimum Gasteiger partial charge on any atom is -0.497 e. The van der Waals surface area contributed by atoms with Gasteiger partial charge in [-0.15, -0.1) is 0 Å². The van der Waals surface area contributed by atoms with Gasteiger partial charge >= 0.3 is 5.97 Å². The summed E-state index contributed by atoms with van der Waals surface area (Å²) < 4.78 is 10.6. The number of carbonyl (C=O) groups is 3. The Labute approximate surface area is 161 Å². The van der Waals surface area contributed by atoms with E-state index in [2.05, 4.69) is 15.8 Å². The van der Waals surface area contributed by atoms with Crippen LogP contribution in [0.5, 0.6) is 5.75 Å². The van der Waals surface area contributed by atoms with E-state index in [4.69, 9.17) is 9.47 Å². The van der Waals surface area contributed by atoms with Gasteiger partial charge in [0.2, 0.25) is 12.0 Å². The molecule has 2 aromatic rings. The molecule has 1 aliphatic rings. The molecular weight excluding hydrogens is 362 g/mol. The molecule has 1 atom stereocenters. The smallest absolute Gasteiger partial charge is 0.355 e. The summed E-state index contributed by atoms with van der Waals surface area (Å²) in [4.78, 5) is 36.5. The van der Waals surface area contributed by atoms with Gasteiger partial charge in [-0.05, 0) is 12.1 Å². The lowest BCUT2D eigenvalue weighted by atomic mass is 10.1. The van der Waals surface area contributed by atoms with Crippen molar-refractivity contribution in [3.63, 3.8) is 0 Å². The monoisotopic (exact) mass is 381 g/mol. The Kier molecular flexibility index (Phi) is 6.01. The molecule has 0 spiro atoms. The maximum absolute atomic E-state index is 12.8. The van der Waals surface area contributed by atoms with Gasteiger partial charge in [0.25, 0.3) is 5.91 Å². The van der Waals surface area contributed by atoms with Crippen LogP contribution in [0.2, 0.25) is 0 Å². The Morgan fingerprint density at radius 3 is 2.57 bits per heavy atom. The molecule has 2 amide bonds. The van der Waals surface area contributed by atoms with E-state index in [1.54, 1.807) is 54.6 Å². The number of anilines is 1. The Hall–Kier alpha value is -3.68. The van der Waals surface area contributed by atoms with Gasteiger partial charge in [-0.2, -0.15) is 5.10 Å². The number of esters is 1. The zero-order chi connectivity index (χ0) is 19.9. The van der Waals surface area contributed by atoms with Crippen molar-refractivity contribution in [3.8, 4) is 5.75 Å². The van der Waals surface area contributed by atoms with E-state index in [-0.39, 0.29) is 24.5 Å². The fourth-order valence-electron chi connectivity index (χ4n) is 2.61. The number of amides is 2. The summed E-state index contributed by atoms with van der Waals surface area (Å²) in [5, 5.41) is 6.44. The highest BCUT2D eigenvalue weighted by atomic mass is 16.5. The first-order chi connectivity index (χ1) is 13.6. The number of hydrogen-bond donors (Lipinski definition) is 2. The van der Waals surface area contributed by atoms with E-state index in [1.165, 1.54) is 7.11 Å². The number of nitrogens with one attached hydrogen (secondary N) is 2. The Morgan fingerprint density at radius 1 is 1.11 bits per heavy atom. The molecule has 2 aromatic carbocycles. The number of methoxy groups -OCH3 is 1. The molecule has 1 aliphatic heterocycles. The van der Waals surface area contributed by atoms with Crippen molar-refractivity contribution in [2.45, 2.75) is 18.9 Å². The lowest BCUT2D eigenvalue weighted by Crippen LogP contribution is -2.33. The van der Waals surface area contributed by atoms with Crippen molar-refractivity contribution in [1.29, 1.82) is 0 Å². The third-order valence-electron chi connectivity index (χ3n) is 4.04. The molecular formula is C20H19N3O5. The van der Waals surface area contributed by atoms with Crippen LogP contribution < -0.4 is 15.5 Å². The predicted molar refractivity (Wildman–Crippen MR) is 102 cm³/mol. The molecule has 144 valence electrons. The summed E-state index contributed by atoms with van der Waals surface area (Å²) in [6.07, 6.45) is -0.885. The van der Waals surface area contributed by atoms with Crippen LogP contribution in [0.3, 0.4) is 0 Å². The lowest BCUT2D eigenvalue weighted by Gasteiger charge is -2.19. The Bertz CT molecular complexity index is 911. The molecule has 0 saturated carbocycles. The molecule has 8 nitrogen and oxygen atoms in total. The number of nitrogens with zero attached hydrogens (tertiary/aromatic N) is 1. The first-order valence-corrected chi connectivity index (χ1v) is 8.63. The standard InChI is InChI=1S/C20H19N3O5/c1-27-15-9-5-8-14(12-15)21-19(25)18(13-6-3-2-4-7-13)28-20(26)16-10-11-17(24)23-22-16/h2-9,12,18H,10-11H2,1H3,(H,21,25)(H,23,24)/t18-/m0/s1. The van der Waals surface area contributed by atoms with Crippen LogP contribution in [0.1, 0.15) is 24.5 Å². The van der Waals surface area contributed by atoms with E-state index >= 15 is 0 Å². The maximum atomic E-state index is 12.8. The quantitative estimate of drug-likeness (QED) is 0.746. The maximum Gasteiger partial charge on any atom is 0.355 e. The molecule has 1 heterocycles. The van der Waals surface area contributed by atoms with E-state index in [0.29, 0.717) is 17.0 Å². The van der Waals surface area contributed by atoms with E-state index < -0.39 is 18.0 Å². The molecule has 0 radical (unpaired) electrons. The van der Waals surface area contributed by atoms with Crippen LogP contribution in [0.15, 0.2) is 59.7 Å². The number of hydrazone groups is 1. The van der Waals surface area contributed by atoms with Crippen LogP contribution in [-0.4, -0.2) is 30.6 Å². The summed E-state index contributed by atoms with van der Waals surface area (Å²) in [6.45, 7) is 0. The van der Waals surface area contributed by atoms with Crippen molar-refractivity contribution in [1.82, 2.24) is 5.43 Å². The second-order valence-corrected chi connectivity index (χ2v) is 6.01. The lowest BCUT2D eigenvalue weighted by molar-refractivity contribution is -0.148. The van der Waals surface area contributed by atoms with Crippen molar-refractivity contribution >= 4 is 29.2 Å². The summed E-state index contributed by atoms with van der Waals surface area (Å²) in [5.74, 6) is -0.965. The second kappa shape index (κ2) is 8.81. The average molecular weight is 381 g/mol. The highest BCUT2D eigenvalue weighted by Gasteiger charge is 2.28. The molecule has 2 N–H and O–H groups in total. The van der Waals surface area contributed by atoms with Gasteiger partial charge in [-0.25, -0.2) is 10.2 Å². The Morgan fingerprint density at radius 2 is 1.89 bits per heavy atom. The molecule has 0 aliphatic carbocycles. The van der Waals surface area contributed by atoms with E-state index in [1.807, 2.05) is 0 Å². The number of carbonyl (C=O) groups excluding carboxylic acids is 3. The van der Waals surface area contributed by atoms with Gasteiger partial charge in [0.1, 0.15) is 11.5 Å². The van der Waals surface area contributed by atoms with Crippen LogP contribution in [-0.2, 0) is 19.1 Å². The summed E-state index contributed by atoms with van der Waals surface area (Å²) in [7, 11) is 1.53. The fraction of sp³-hybridized carbons (Fsp3) is 0.200.